The summed E-state index contributed by atoms with van der Waals surface area (Å²) in [5.41, 5.74) is 2.78. The molecule has 3 amide bonds. The highest BCUT2D eigenvalue weighted by atomic mass is 16.2. The Morgan fingerprint density at radius 1 is 1.10 bits per heavy atom. The second-order valence-electron chi connectivity index (χ2n) is 7.88. The molecule has 152 valence electrons. The van der Waals surface area contributed by atoms with Crippen molar-refractivity contribution in [2.75, 3.05) is 23.3 Å². The van der Waals surface area contributed by atoms with E-state index in [4.69, 9.17) is 0 Å². The first-order chi connectivity index (χ1) is 13.8. The van der Waals surface area contributed by atoms with Crippen LogP contribution in [0.2, 0.25) is 0 Å². The number of carbonyl (C=O) groups is 3. The first-order valence-corrected chi connectivity index (χ1v) is 9.90. The molecule has 0 aliphatic carbocycles. The van der Waals surface area contributed by atoms with Crippen LogP contribution in [0.25, 0.3) is 0 Å². The number of carbonyl (C=O) groups excluding carboxylic acids is 3. The Morgan fingerprint density at radius 3 is 2.48 bits per heavy atom. The Balaban J connectivity index is 1.69. The summed E-state index contributed by atoms with van der Waals surface area (Å²) in [6.45, 7) is 6.91. The van der Waals surface area contributed by atoms with Crippen LogP contribution in [0.15, 0.2) is 48.5 Å². The van der Waals surface area contributed by atoms with Gasteiger partial charge in [0.1, 0.15) is 0 Å². The minimum absolute atomic E-state index is 0.0723. The van der Waals surface area contributed by atoms with Crippen molar-refractivity contribution in [3.05, 3.63) is 59.7 Å². The quantitative estimate of drug-likeness (QED) is 0.790. The molecule has 0 bridgehead atoms. The molecule has 1 fully saturated rings. The first kappa shape index (κ1) is 20.6. The fraction of sp³-hybridized carbons (Fsp3) is 0.348. The van der Waals surface area contributed by atoms with Crippen molar-refractivity contribution in [1.82, 2.24) is 5.32 Å². The molecule has 3 rings (SSSR count). The van der Waals surface area contributed by atoms with E-state index in [1.807, 2.05) is 45.0 Å². The van der Waals surface area contributed by atoms with Gasteiger partial charge in [0, 0.05) is 25.2 Å². The van der Waals surface area contributed by atoms with E-state index in [-0.39, 0.29) is 24.1 Å². The minimum atomic E-state index is -0.462. The van der Waals surface area contributed by atoms with E-state index in [2.05, 4.69) is 10.6 Å². The molecule has 29 heavy (non-hydrogen) atoms. The zero-order valence-electron chi connectivity index (χ0n) is 17.1. The van der Waals surface area contributed by atoms with Gasteiger partial charge in [0.15, 0.2) is 0 Å². The molecule has 2 aromatic rings. The van der Waals surface area contributed by atoms with Crippen LogP contribution in [-0.2, 0) is 9.59 Å². The molecular weight excluding hydrogens is 366 g/mol. The molecule has 1 aliphatic heterocycles. The van der Waals surface area contributed by atoms with E-state index in [0.717, 1.165) is 11.3 Å². The maximum atomic E-state index is 12.8. The second kappa shape index (κ2) is 8.90. The van der Waals surface area contributed by atoms with Gasteiger partial charge in [-0.2, -0.15) is 0 Å². The van der Waals surface area contributed by atoms with E-state index < -0.39 is 5.92 Å². The molecular formula is C23H27N3O3. The maximum Gasteiger partial charge on any atom is 0.253 e. The maximum absolute atomic E-state index is 12.8. The van der Waals surface area contributed by atoms with Crippen LogP contribution in [0.5, 0.6) is 0 Å². The van der Waals surface area contributed by atoms with Crippen molar-refractivity contribution in [2.45, 2.75) is 27.2 Å². The van der Waals surface area contributed by atoms with E-state index in [9.17, 15) is 14.4 Å². The molecule has 1 unspecified atom stereocenters. The first-order valence-electron chi connectivity index (χ1n) is 9.90. The lowest BCUT2D eigenvalue weighted by atomic mass is 10.1. The summed E-state index contributed by atoms with van der Waals surface area (Å²) < 4.78 is 0. The van der Waals surface area contributed by atoms with Gasteiger partial charge in [-0.15, -0.1) is 0 Å². The number of hydrogen-bond acceptors (Lipinski definition) is 3. The number of anilines is 2. The van der Waals surface area contributed by atoms with Crippen LogP contribution in [0, 0.1) is 18.8 Å². The average molecular weight is 393 g/mol. The normalized spacial score (nSPS) is 16.2. The molecule has 6 nitrogen and oxygen atoms in total. The van der Waals surface area contributed by atoms with Crippen LogP contribution >= 0.6 is 0 Å². The Morgan fingerprint density at radius 2 is 1.79 bits per heavy atom. The largest absolute Gasteiger partial charge is 0.352 e. The minimum Gasteiger partial charge on any atom is -0.352 e. The summed E-state index contributed by atoms with van der Waals surface area (Å²) in [5.74, 6) is -0.680. The highest BCUT2D eigenvalue weighted by Crippen LogP contribution is 2.27. The lowest BCUT2D eigenvalue weighted by Gasteiger charge is -2.17. The third-order valence-corrected chi connectivity index (χ3v) is 4.94. The SMILES string of the molecule is Cc1ccc(N2CC(C(=O)Nc3ccccc3C(=O)NCC(C)C)CC2=O)cc1. The van der Waals surface area contributed by atoms with Crippen LogP contribution in [-0.4, -0.2) is 30.8 Å². The third kappa shape index (κ3) is 5.02. The Kier molecular flexibility index (Phi) is 6.32. The Labute approximate surface area is 171 Å². The molecule has 1 aliphatic rings. The summed E-state index contributed by atoms with van der Waals surface area (Å²) in [4.78, 5) is 39.4. The van der Waals surface area contributed by atoms with Gasteiger partial charge >= 0.3 is 0 Å². The molecule has 1 heterocycles. The van der Waals surface area contributed by atoms with E-state index >= 15 is 0 Å². The van der Waals surface area contributed by atoms with Crippen molar-refractivity contribution in [2.24, 2.45) is 11.8 Å². The van der Waals surface area contributed by atoms with E-state index in [1.54, 1.807) is 29.2 Å². The van der Waals surface area contributed by atoms with Crippen molar-refractivity contribution in [3.63, 3.8) is 0 Å². The number of amides is 3. The van der Waals surface area contributed by atoms with Crippen molar-refractivity contribution < 1.29 is 14.4 Å². The highest BCUT2D eigenvalue weighted by Gasteiger charge is 2.35. The van der Waals surface area contributed by atoms with Gasteiger partial charge in [-0.1, -0.05) is 43.7 Å². The summed E-state index contributed by atoms with van der Waals surface area (Å²) in [5, 5.41) is 5.71. The van der Waals surface area contributed by atoms with Gasteiger partial charge in [0.05, 0.1) is 17.2 Å². The topological polar surface area (TPSA) is 78.5 Å². The fourth-order valence-corrected chi connectivity index (χ4v) is 3.27. The van der Waals surface area contributed by atoms with Gasteiger partial charge in [0.2, 0.25) is 11.8 Å². The molecule has 1 atom stereocenters. The predicted molar refractivity (Wildman–Crippen MR) is 114 cm³/mol. The Bertz CT molecular complexity index is 906. The molecule has 2 aromatic carbocycles. The zero-order valence-corrected chi connectivity index (χ0v) is 17.1. The number of aryl methyl sites for hydroxylation is 1. The van der Waals surface area contributed by atoms with E-state index in [1.165, 1.54) is 0 Å². The van der Waals surface area contributed by atoms with Crippen LogP contribution in [0.4, 0.5) is 11.4 Å². The molecule has 2 N–H and O–H groups in total. The van der Waals surface area contributed by atoms with Gasteiger partial charge in [-0.25, -0.2) is 0 Å². The van der Waals surface area contributed by atoms with Crippen molar-refractivity contribution in [1.29, 1.82) is 0 Å². The average Bonchev–Trinajstić information content (AvgIpc) is 3.09. The molecule has 6 heteroatoms. The number of hydrogen-bond donors (Lipinski definition) is 2. The molecule has 0 radical (unpaired) electrons. The number of para-hydroxylation sites is 1. The third-order valence-electron chi connectivity index (χ3n) is 4.94. The number of benzene rings is 2. The van der Waals surface area contributed by atoms with Crippen LogP contribution in [0.3, 0.4) is 0 Å². The zero-order chi connectivity index (χ0) is 21.0. The highest BCUT2D eigenvalue weighted by molar-refractivity contribution is 6.07. The summed E-state index contributed by atoms with van der Waals surface area (Å²) in [6, 6.07) is 14.6. The summed E-state index contributed by atoms with van der Waals surface area (Å²) >= 11 is 0. The second-order valence-corrected chi connectivity index (χ2v) is 7.88. The predicted octanol–water partition coefficient (Wildman–Crippen LogP) is 3.37. The monoisotopic (exact) mass is 393 g/mol. The van der Waals surface area contributed by atoms with Gasteiger partial charge in [0.25, 0.3) is 5.91 Å². The molecule has 0 aromatic heterocycles. The summed E-state index contributed by atoms with van der Waals surface area (Å²) in [6.07, 6.45) is 0.154. The van der Waals surface area contributed by atoms with Crippen molar-refractivity contribution >= 4 is 29.1 Å². The molecule has 0 spiro atoms. The van der Waals surface area contributed by atoms with Gasteiger partial charge < -0.3 is 15.5 Å². The smallest absolute Gasteiger partial charge is 0.253 e. The number of nitrogens with zero attached hydrogens (tertiary/aromatic N) is 1. The standard InChI is InChI=1S/C23H27N3O3/c1-15(2)13-24-23(29)19-6-4-5-7-20(19)25-22(28)17-12-21(27)26(14-17)18-10-8-16(3)9-11-18/h4-11,15,17H,12-14H2,1-3H3,(H,24,29)(H,25,28). The molecule has 1 saturated heterocycles. The number of rotatable bonds is 6. The van der Waals surface area contributed by atoms with Gasteiger partial charge in [-0.3, -0.25) is 14.4 Å². The van der Waals surface area contributed by atoms with Crippen LogP contribution in [0.1, 0.15) is 36.2 Å². The van der Waals surface area contributed by atoms with Gasteiger partial charge in [-0.05, 0) is 37.1 Å². The summed E-state index contributed by atoms with van der Waals surface area (Å²) in [7, 11) is 0. The van der Waals surface area contributed by atoms with Crippen LogP contribution < -0.4 is 15.5 Å². The Hall–Kier alpha value is -3.15. The van der Waals surface area contributed by atoms with E-state index in [0.29, 0.717) is 30.3 Å². The van der Waals surface area contributed by atoms with Crippen molar-refractivity contribution in [3.8, 4) is 0 Å². The number of nitrogens with one attached hydrogen (secondary N) is 2. The fourth-order valence-electron chi connectivity index (χ4n) is 3.27. The lowest BCUT2D eigenvalue weighted by Crippen LogP contribution is -2.30. The molecule has 0 saturated carbocycles. The lowest BCUT2D eigenvalue weighted by molar-refractivity contribution is -0.122.